The van der Waals surface area contributed by atoms with Gasteiger partial charge in [0.25, 0.3) is 0 Å². The fourth-order valence-corrected chi connectivity index (χ4v) is 4.63. The molecule has 1 saturated carbocycles. The second-order valence-electron chi connectivity index (χ2n) is 6.57. The van der Waals surface area contributed by atoms with Crippen LogP contribution in [0.4, 0.5) is 0 Å². The molecule has 1 unspecified atom stereocenters. The highest BCUT2D eigenvalue weighted by Crippen LogP contribution is 2.33. The summed E-state index contributed by atoms with van der Waals surface area (Å²) in [7, 11) is 0. The molecule has 1 atom stereocenters. The maximum absolute atomic E-state index is 4.66. The molecule has 20 heavy (non-hydrogen) atoms. The lowest BCUT2D eigenvalue weighted by atomic mass is 9.79. The monoisotopic (exact) mass is 293 g/mol. The molecule has 0 aromatic carbocycles. The van der Waals surface area contributed by atoms with E-state index in [1.54, 1.807) is 0 Å². The lowest BCUT2D eigenvalue weighted by Gasteiger charge is -2.49. The van der Waals surface area contributed by atoms with Crippen LogP contribution >= 0.6 is 11.3 Å². The molecule has 2 fully saturated rings. The van der Waals surface area contributed by atoms with Gasteiger partial charge in [-0.2, -0.15) is 0 Å². The number of rotatable bonds is 3. The molecule has 2 heterocycles. The molecule has 1 aliphatic heterocycles. The minimum atomic E-state index is 0.399. The maximum atomic E-state index is 4.66. The number of thiazole rings is 1. The molecule has 0 bridgehead atoms. The van der Waals surface area contributed by atoms with E-state index >= 15 is 0 Å². The number of nitrogens with zero attached hydrogens (tertiary/aromatic N) is 2. The Morgan fingerprint density at radius 2 is 2.20 bits per heavy atom. The summed E-state index contributed by atoms with van der Waals surface area (Å²) in [6.45, 7) is 7.81. The fourth-order valence-electron chi connectivity index (χ4n) is 3.84. The smallest absolute Gasteiger partial charge is 0.107 e. The third-order valence-corrected chi connectivity index (χ3v) is 5.97. The highest BCUT2D eigenvalue weighted by atomic mass is 32.1. The molecule has 1 spiro atoms. The summed E-state index contributed by atoms with van der Waals surface area (Å²) in [5, 5.41) is 7.36. The third kappa shape index (κ3) is 3.07. The van der Waals surface area contributed by atoms with Gasteiger partial charge < -0.3 is 5.32 Å². The van der Waals surface area contributed by atoms with E-state index in [4.69, 9.17) is 0 Å². The minimum absolute atomic E-state index is 0.399. The number of nitrogens with one attached hydrogen (secondary N) is 1. The van der Waals surface area contributed by atoms with Crippen LogP contribution in [0.5, 0.6) is 0 Å². The molecule has 2 aliphatic rings. The number of aryl methyl sites for hydroxylation is 1. The zero-order chi connectivity index (χ0) is 14.0. The number of hydrogen-bond donors (Lipinski definition) is 1. The lowest BCUT2D eigenvalue weighted by molar-refractivity contribution is 0.0483. The van der Waals surface area contributed by atoms with Crippen LogP contribution in [0.3, 0.4) is 0 Å². The Labute approximate surface area is 126 Å². The SMILES string of the molecule is CCC1CNC2(CCCCC2)CN1Cc1nc(C)cs1. The molecule has 3 nitrogen and oxygen atoms in total. The Bertz CT molecular complexity index is 437. The zero-order valence-corrected chi connectivity index (χ0v) is 13.6. The van der Waals surface area contributed by atoms with Gasteiger partial charge in [0.05, 0.1) is 6.54 Å². The van der Waals surface area contributed by atoms with Crippen molar-refractivity contribution in [3.63, 3.8) is 0 Å². The molecule has 4 heteroatoms. The van der Waals surface area contributed by atoms with Crippen LogP contribution in [-0.4, -0.2) is 34.6 Å². The van der Waals surface area contributed by atoms with Crippen molar-refractivity contribution in [1.82, 2.24) is 15.2 Å². The molecule has 1 aliphatic carbocycles. The summed E-state index contributed by atoms with van der Waals surface area (Å²) < 4.78 is 0. The van der Waals surface area contributed by atoms with E-state index in [1.807, 2.05) is 11.3 Å². The highest BCUT2D eigenvalue weighted by Gasteiger charge is 2.39. The van der Waals surface area contributed by atoms with Gasteiger partial charge in [-0.15, -0.1) is 11.3 Å². The number of piperazine rings is 1. The fraction of sp³-hybridized carbons (Fsp3) is 0.812. The molecule has 1 saturated heterocycles. The van der Waals surface area contributed by atoms with Crippen molar-refractivity contribution in [3.05, 3.63) is 16.1 Å². The van der Waals surface area contributed by atoms with Crippen molar-refractivity contribution >= 4 is 11.3 Å². The Morgan fingerprint density at radius 1 is 1.40 bits per heavy atom. The van der Waals surface area contributed by atoms with Crippen molar-refractivity contribution in [1.29, 1.82) is 0 Å². The average Bonchev–Trinajstić information content (AvgIpc) is 2.85. The molecule has 3 rings (SSSR count). The van der Waals surface area contributed by atoms with E-state index < -0.39 is 0 Å². The summed E-state index contributed by atoms with van der Waals surface area (Å²) in [6, 6.07) is 0.673. The predicted octanol–water partition coefficient (Wildman–Crippen LogP) is 3.34. The Kier molecular flexibility index (Phi) is 4.43. The molecule has 0 amide bonds. The largest absolute Gasteiger partial charge is 0.308 e. The van der Waals surface area contributed by atoms with E-state index in [0.717, 1.165) is 13.1 Å². The molecule has 0 radical (unpaired) electrons. The van der Waals surface area contributed by atoms with Gasteiger partial charge in [0.1, 0.15) is 5.01 Å². The maximum Gasteiger partial charge on any atom is 0.107 e. The van der Waals surface area contributed by atoms with Gasteiger partial charge in [0, 0.05) is 35.7 Å². The van der Waals surface area contributed by atoms with Gasteiger partial charge in [-0.25, -0.2) is 4.98 Å². The highest BCUT2D eigenvalue weighted by molar-refractivity contribution is 7.09. The van der Waals surface area contributed by atoms with Crippen molar-refractivity contribution in [2.24, 2.45) is 0 Å². The molecular weight excluding hydrogens is 266 g/mol. The van der Waals surface area contributed by atoms with E-state index in [2.05, 4.69) is 34.4 Å². The first-order valence-electron chi connectivity index (χ1n) is 8.11. The summed E-state index contributed by atoms with van der Waals surface area (Å²) >= 11 is 1.82. The number of hydrogen-bond acceptors (Lipinski definition) is 4. The standard InChI is InChI=1S/C16H27N3S/c1-3-14-9-17-16(7-5-4-6-8-16)12-19(14)10-15-18-13(2)11-20-15/h11,14,17H,3-10,12H2,1-2H3. The first kappa shape index (κ1) is 14.5. The van der Waals surface area contributed by atoms with E-state index in [1.165, 1.54) is 55.8 Å². The van der Waals surface area contributed by atoms with Gasteiger partial charge in [-0.1, -0.05) is 26.2 Å². The van der Waals surface area contributed by atoms with Gasteiger partial charge in [0.15, 0.2) is 0 Å². The van der Waals surface area contributed by atoms with Gasteiger partial charge in [-0.05, 0) is 26.2 Å². The molecule has 1 aromatic heterocycles. The second kappa shape index (κ2) is 6.12. The average molecular weight is 293 g/mol. The quantitative estimate of drug-likeness (QED) is 0.926. The molecule has 1 aromatic rings. The Hall–Kier alpha value is -0.450. The van der Waals surface area contributed by atoms with Crippen molar-refractivity contribution < 1.29 is 0 Å². The lowest BCUT2D eigenvalue weighted by Crippen LogP contribution is -2.64. The molecular formula is C16H27N3S. The van der Waals surface area contributed by atoms with E-state index in [-0.39, 0.29) is 0 Å². The van der Waals surface area contributed by atoms with Crippen LogP contribution in [-0.2, 0) is 6.54 Å². The summed E-state index contributed by atoms with van der Waals surface area (Å²) in [5.41, 5.74) is 1.57. The third-order valence-electron chi connectivity index (χ3n) is 5.02. The normalized spacial score (nSPS) is 27.0. The van der Waals surface area contributed by atoms with Crippen LogP contribution < -0.4 is 5.32 Å². The van der Waals surface area contributed by atoms with Gasteiger partial charge in [0.2, 0.25) is 0 Å². The van der Waals surface area contributed by atoms with Crippen LogP contribution in [0.1, 0.15) is 56.2 Å². The van der Waals surface area contributed by atoms with Crippen LogP contribution in [0.25, 0.3) is 0 Å². The molecule has 1 N–H and O–H groups in total. The minimum Gasteiger partial charge on any atom is -0.308 e. The van der Waals surface area contributed by atoms with Crippen LogP contribution in [0, 0.1) is 6.92 Å². The Morgan fingerprint density at radius 3 is 2.85 bits per heavy atom. The van der Waals surface area contributed by atoms with Gasteiger partial charge in [-0.3, -0.25) is 4.90 Å². The van der Waals surface area contributed by atoms with Crippen molar-refractivity contribution in [3.8, 4) is 0 Å². The van der Waals surface area contributed by atoms with E-state index in [9.17, 15) is 0 Å². The predicted molar refractivity (Wildman–Crippen MR) is 85.2 cm³/mol. The van der Waals surface area contributed by atoms with Gasteiger partial charge >= 0.3 is 0 Å². The van der Waals surface area contributed by atoms with Crippen LogP contribution in [0.15, 0.2) is 5.38 Å². The summed E-state index contributed by atoms with van der Waals surface area (Å²) in [6.07, 6.45) is 8.16. The summed E-state index contributed by atoms with van der Waals surface area (Å²) in [4.78, 5) is 7.36. The Balaban J connectivity index is 1.71. The topological polar surface area (TPSA) is 28.2 Å². The first-order chi connectivity index (χ1) is 9.71. The van der Waals surface area contributed by atoms with Crippen molar-refractivity contribution in [2.45, 2.75) is 70.5 Å². The second-order valence-corrected chi connectivity index (χ2v) is 7.51. The zero-order valence-electron chi connectivity index (χ0n) is 12.8. The van der Waals surface area contributed by atoms with E-state index in [0.29, 0.717) is 11.6 Å². The van der Waals surface area contributed by atoms with Crippen LogP contribution in [0.2, 0.25) is 0 Å². The summed E-state index contributed by atoms with van der Waals surface area (Å²) in [5.74, 6) is 0. The molecule has 112 valence electrons. The number of aromatic nitrogens is 1. The van der Waals surface area contributed by atoms with Crippen molar-refractivity contribution in [2.75, 3.05) is 13.1 Å². The first-order valence-corrected chi connectivity index (χ1v) is 8.99.